The molecule has 3 aromatic carbocycles. The molecule has 1 spiro atoms. The van der Waals surface area contributed by atoms with Crippen molar-refractivity contribution in [2.24, 2.45) is 11.8 Å². The van der Waals surface area contributed by atoms with Gasteiger partial charge in [-0.1, -0.05) is 49.7 Å². The second-order valence-electron chi connectivity index (χ2n) is 17.5. The van der Waals surface area contributed by atoms with Crippen LogP contribution >= 0.6 is 11.6 Å². The van der Waals surface area contributed by atoms with Crippen LogP contribution in [0.4, 0.5) is 5.69 Å². The average molecular weight is 852 g/mol. The van der Waals surface area contributed by atoms with E-state index in [-0.39, 0.29) is 42.6 Å². The molecule has 0 bridgehead atoms. The topological polar surface area (TPSA) is 156 Å². The number of carbonyl (C=O) groups is 3. The third-order valence-electron chi connectivity index (χ3n) is 13.3. The fraction of sp³-hybridized carbons (Fsp3) is 0.469. The van der Waals surface area contributed by atoms with Gasteiger partial charge in [0.15, 0.2) is 0 Å². The number of rotatable bonds is 18. The third-order valence-corrected chi connectivity index (χ3v) is 13.5. The lowest BCUT2D eigenvalue weighted by atomic mass is 9.59. The number of carboxylic acids is 2. The largest absolute Gasteiger partial charge is 0.497 e. The predicted molar refractivity (Wildman–Crippen MR) is 235 cm³/mol. The molecular weight excluding hydrogens is 794 g/mol. The van der Waals surface area contributed by atoms with Crippen LogP contribution in [-0.2, 0) is 39.1 Å². The van der Waals surface area contributed by atoms with Crippen LogP contribution in [0.5, 0.6) is 17.2 Å². The highest BCUT2D eigenvalue weighted by Crippen LogP contribution is 2.57. The summed E-state index contributed by atoms with van der Waals surface area (Å²) in [7, 11) is 1.55. The van der Waals surface area contributed by atoms with Gasteiger partial charge in [0.2, 0.25) is 5.91 Å². The van der Waals surface area contributed by atoms with E-state index >= 15 is 0 Å². The monoisotopic (exact) mass is 851 g/mol. The van der Waals surface area contributed by atoms with Crippen molar-refractivity contribution in [3.05, 3.63) is 112 Å². The van der Waals surface area contributed by atoms with E-state index in [2.05, 4.69) is 41.6 Å². The fourth-order valence-corrected chi connectivity index (χ4v) is 10.3. The van der Waals surface area contributed by atoms with Crippen molar-refractivity contribution in [1.82, 2.24) is 10.3 Å². The first-order valence-corrected chi connectivity index (χ1v) is 22.0. The van der Waals surface area contributed by atoms with E-state index in [9.17, 15) is 24.6 Å². The lowest BCUT2D eigenvalue weighted by Gasteiger charge is -2.47. The molecule has 1 heterocycles. The number of methoxy groups -OCH3 is 1. The van der Waals surface area contributed by atoms with Gasteiger partial charge in [-0.15, -0.1) is 0 Å². The van der Waals surface area contributed by atoms with Crippen LogP contribution in [-0.4, -0.2) is 64.9 Å². The van der Waals surface area contributed by atoms with Crippen molar-refractivity contribution in [1.29, 1.82) is 0 Å². The summed E-state index contributed by atoms with van der Waals surface area (Å²) in [4.78, 5) is 42.6. The van der Waals surface area contributed by atoms with Gasteiger partial charge in [0.25, 0.3) is 0 Å². The van der Waals surface area contributed by atoms with Crippen LogP contribution in [0.25, 0.3) is 0 Å². The smallest absolute Gasteiger partial charge is 0.329 e. The minimum Gasteiger partial charge on any atom is -0.497 e. The standard InChI is InChI=1S/C49H58ClN3O8/c1-31(30-61-43-17-22-51-41-13-4-8-32(2)45(41)43)24-35-27-34-15-16-39(60-23-7-14-44(54)52-42(46(55)56)26-33-9-5-12-38(25-33)59-3)29-40(34)48(35)18-20-49(21-19-48,47(57)58)53-37-11-6-10-36(50)28-37/h5-6,9-12,15-17,22,25,28-29,31-32,35,42,53H,4,7-8,13-14,18-21,23-24,26-27,30H2,1-3H3,(H,52,54)(H,55,56)(H,57,58)/t31-,32-,35+,42?,48?,49?/m1/s1. The molecule has 12 heteroatoms. The van der Waals surface area contributed by atoms with E-state index in [4.69, 9.17) is 25.8 Å². The van der Waals surface area contributed by atoms with Crippen molar-refractivity contribution in [2.45, 2.75) is 114 Å². The Bertz CT molecular complexity index is 2200. The number of hydrogen-bond donors (Lipinski definition) is 4. The molecule has 1 saturated carbocycles. The van der Waals surface area contributed by atoms with E-state index in [1.807, 2.05) is 30.5 Å². The molecule has 324 valence electrons. The summed E-state index contributed by atoms with van der Waals surface area (Å²) in [6.07, 6.45) is 9.80. The molecule has 11 nitrogen and oxygen atoms in total. The number of fused-ring (bicyclic) bond motifs is 3. The van der Waals surface area contributed by atoms with Crippen LogP contribution < -0.4 is 24.8 Å². The van der Waals surface area contributed by atoms with Crippen LogP contribution in [0.1, 0.15) is 106 Å². The quantitative estimate of drug-likeness (QED) is 0.0712. The molecule has 3 aliphatic carbocycles. The minimum absolute atomic E-state index is 0.108. The number of aliphatic carboxylic acids is 2. The molecule has 1 unspecified atom stereocenters. The maximum Gasteiger partial charge on any atom is 0.329 e. The lowest BCUT2D eigenvalue weighted by molar-refractivity contribution is -0.144. The number of ether oxygens (including phenoxy) is 3. The van der Waals surface area contributed by atoms with E-state index in [1.54, 1.807) is 43.5 Å². The van der Waals surface area contributed by atoms with Crippen molar-refractivity contribution in [2.75, 3.05) is 25.6 Å². The predicted octanol–water partition coefficient (Wildman–Crippen LogP) is 9.18. The third kappa shape index (κ3) is 10.1. The number of carboxylic acid groups (broad SMARTS) is 2. The first-order valence-electron chi connectivity index (χ1n) is 21.7. The van der Waals surface area contributed by atoms with Crippen LogP contribution in [0.3, 0.4) is 0 Å². The number of amides is 1. The van der Waals surface area contributed by atoms with Crippen LogP contribution in [0, 0.1) is 11.8 Å². The maximum absolute atomic E-state index is 13.1. The highest BCUT2D eigenvalue weighted by molar-refractivity contribution is 6.30. The summed E-state index contributed by atoms with van der Waals surface area (Å²) < 4.78 is 18.1. The van der Waals surface area contributed by atoms with E-state index in [1.165, 1.54) is 16.7 Å². The van der Waals surface area contributed by atoms with Gasteiger partial charge in [0.05, 0.1) is 20.3 Å². The van der Waals surface area contributed by atoms with Gasteiger partial charge in [-0.2, -0.15) is 0 Å². The van der Waals surface area contributed by atoms with Gasteiger partial charge >= 0.3 is 11.9 Å². The van der Waals surface area contributed by atoms with Crippen molar-refractivity contribution in [3.8, 4) is 17.2 Å². The van der Waals surface area contributed by atoms with Crippen LogP contribution in [0.2, 0.25) is 5.02 Å². The Morgan fingerprint density at radius 3 is 2.52 bits per heavy atom. The highest BCUT2D eigenvalue weighted by Gasteiger charge is 2.54. The molecule has 0 saturated heterocycles. The van der Waals surface area contributed by atoms with E-state index < -0.39 is 23.5 Å². The van der Waals surface area contributed by atoms with Gasteiger partial charge in [0, 0.05) is 41.0 Å². The van der Waals surface area contributed by atoms with Gasteiger partial charge in [-0.25, -0.2) is 9.59 Å². The summed E-state index contributed by atoms with van der Waals surface area (Å²) in [6.45, 7) is 5.36. The number of anilines is 1. The normalized spacial score (nSPS) is 22.6. The molecule has 0 radical (unpaired) electrons. The Morgan fingerprint density at radius 1 is 0.967 bits per heavy atom. The number of pyridine rings is 1. The zero-order chi connectivity index (χ0) is 43.1. The Labute approximate surface area is 363 Å². The zero-order valence-electron chi connectivity index (χ0n) is 35.4. The lowest BCUT2D eigenvalue weighted by Crippen LogP contribution is -2.53. The molecule has 1 amide bonds. The highest BCUT2D eigenvalue weighted by atomic mass is 35.5. The van der Waals surface area contributed by atoms with Gasteiger partial charge in [0.1, 0.15) is 28.8 Å². The summed E-state index contributed by atoms with van der Waals surface area (Å²) in [6, 6.07) is 21.6. The molecule has 1 aromatic heterocycles. The minimum atomic E-state index is -1.14. The molecule has 1 fully saturated rings. The number of halogens is 1. The molecule has 4 aromatic rings. The number of nitrogens with zero attached hydrogens (tertiary/aromatic N) is 1. The molecule has 7 rings (SSSR count). The summed E-state index contributed by atoms with van der Waals surface area (Å²) in [5, 5.41) is 27.1. The van der Waals surface area contributed by atoms with Gasteiger partial charge in [-0.05, 0) is 153 Å². The van der Waals surface area contributed by atoms with Crippen molar-refractivity contribution < 1.29 is 38.8 Å². The average Bonchev–Trinajstić information content (AvgIpc) is 3.53. The number of nitrogens with one attached hydrogen (secondary N) is 2. The van der Waals surface area contributed by atoms with Gasteiger partial charge in [-0.3, -0.25) is 9.78 Å². The van der Waals surface area contributed by atoms with E-state index in [0.29, 0.717) is 66.8 Å². The number of benzene rings is 3. The second kappa shape index (κ2) is 19.2. The van der Waals surface area contributed by atoms with Crippen LogP contribution in [0.15, 0.2) is 79.0 Å². The summed E-state index contributed by atoms with van der Waals surface area (Å²) >= 11 is 6.30. The van der Waals surface area contributed by atoms with E-state index in [0.717, 1.165) is 49.1 Å². The Kier molecular flexibility index (Phi) is 13.8. The number of aryl methyl sites for hydroxylation is 1. The Morgan fingerprint density at radius 2 is 1.77 bits per heavy atom. The fourth-order valence-electron chi connectivity index (χ4n) is 10.1. The van der Waals surface area contributed by atoms with Gasteiger partial charge < -0.3 is 35.1 Å². The molecule has 4 atom stereocenters. The molecule has 3 aliphatic rings. The zero-order valence-corrected chi connectivity index (χ0v) is 36.1. The number of aromatic nitrogens is 1. The number of carbonyl (C=O) groups excluding carboxylic acids is 1. The Hall–Kier alpha value is -5.29. The number of hydrogen-bond acceptors (Lipinski definition) is 8. The molecule has 0 aliphatic heterocycles. The first kappa shape index (κ1) is 43.8. The molecular formula is C49H58ClN3O8. The molecule has 4 N–H and O–H groups in total. The SMILES string of the molecule is COc1cccc(CC(NC(=O)CCCOc2ccc3c(c2)C2(CCC(Nc4cccc(Cl)c4)(C(=O)O)CC2)[C@@H](C[C@@H](C)COc2ccnc4c2[C@H](C)CCC4)C3)C(=O)O)c1. The Balaban J connectivity index is 1.03. The summed E-state index contributed by atoms with van der Waals surface area (Å²) in [5.41, 5.74) is 4.89. The molecule has 61 heavy (non-hydrogen) atoms. The second-order valence-corrected chi connectivity index (χ2v) is 17.9. The first-order chi connectivity index (χ1) is 29.4. The van der Waals surface area contributed by atoms with Crippen molar-refractivity contribution >= 4 is 35.1 Å². The maximum atomic E-state index is 13.1. The van der Waals surface area contributed by atoms with Crippen molar-refractivity contribution in [3.63, 3.8) is 0 Å². The summed E-state index contributed by atoms with van der Waals surface area (Å²) in [5.74, 6) is 0.848.